The molecule has 0 amide bonds. The normalized spacial score (nSPS) is 49.0. The molecule has 5 aliphatic rings. The van der Waals surface area contributed by atoms with Crippen LogP contribution in [0.2, 0.25) is 0 Å². The molecule has 5 rings (SSSR count). The molecule has 2 bridgehead atoms. The molecule has 11 atom stereocenters. The molecule has 2 aliphatic carbocycles. The van der Waals surface area contributed by atoms with Gasteiger partial charge >= 0.3 is 11.9 Å². The minimum Gasteiger partial charge on any atom is -0.465 e. The number of hydrogen-bond donors (Lipinski definition) is 3. The molecule has 0 radical (unpaired) electrons. The first kappa shape index (κ1) is 28.4. The van der Waals surface area contributed by atoms with Gasteiger partial charge < -0.3 is 39.0 Å². The molecule has 1 saturated carbocycles. The van der Waals surface area contributed by atoms with Crippen molar-refractivity contribution in [3.63, 3.8) is 0 Å². The number of aliphatic hydroxyl groups excluding tert-OH is 3. The molecule has 2 spiro atoms. The second kappa shape index (κ2) is 10.4. The summed E-state index contributed by atoms with van der Waals surface area (Å²) < 4.78 is 30.2. The summed E-state index contributed by atoms with van der Waals surface area (Å²) in [6.45, 7) is 7.40. The first-order valence-electron chi connectivity index (χ1n) is 13.8. The van der Waals surface area contributed by atoms with Gasteiger partial charge in [-0.05, 0) is 31.8 Å². The lowest BCUT2D eigenvalue weighted by Gasteiger charge is -2.58. The Morgan fingerprint density at radius 3 is 2.56 bits per heavy atom. The largest absolute Gasteiger partial charge is 0.465 e. The third kappa shape index (κ3) is 4.69. The van der Waals surface area contributed by atoms with E-state index in [1.54, 1.807) is 26.0 Å². The van der Waals surface area contributed by atoms with Gasteiger partial charge in [-0.25, -0.2) is 4.79 Å². The molecular weight excluding hydrogens is 508 g/mol. The van der Waals surface area contributed by atoms with E-state index in [0.717, 1.165) is 5.57 Å². The van der Waals surface area contributed by atoms with Crippen LogP contribution in [-0.2, 0) is 33.3 Å². The number of hydrogen-bond acceptors (Lipinski definition) is 10. The minimum atomic E-state index is -0.969. The maximum atomic E-state index is 13.1. The summed E-state index contributed by atoms with van der Waals surface area (Å²) in [4.78, 5) is 26.0. The van der Waals surface area contributed by atoms with Gasteiger partial charge in [0.05, 0.1) is 55.6 Å². The predicted octanol–water partition coefficient (Wildman–Crippen LogP) is 1.36. The van der Waals surface area contributed by atoms with Gasteiger partial charge in [0, 0.05) is 17.9 Å². The van der Waals surface area contributed by atoms with Crippen LogP contribution >= 0.6 is 0 Å². The summed E-state index contributed by atoms with van der Waals surface area (Å²) in [5.41, 5.74) is -1.66. The number of carbonyl (C=O) groups is 2. The average Bonchev–Trinajstić information content (AvgIpc) is 3.65. The Balaban J connectivity index is 1.52. The van der Waals surface area contributed by atoms with Crippen molar-refractivity contribution >= 4 is 11.9 Å². The van der Waals surface area contributed by atoms with Crippen molar-refractivity contribution in [2.24, 2.45) is 16.7 Å². The summed E-state index contributed by atoms with van der Waals surface area (Å²) in [6, 6.07) is 0. The highest BCUT2D eigenvalue weighted by molar-refractivity contribution is 5.82. The number of epoxide rings is 1. The lowest BCUT2D eigenvalue weighted by Crippen LogP contribution is -2.68. The van der Waals surface area contributed by atoms with Crippen LogP contribution in [0.4, 0.5) is 0 Å². The molecule has 3 fully saturated rings. The zero-order valence-electron chi connectivity index (χ0n) is 22.9. The van der Waals surface area contributed by atoms with Gasteiger partial charge in [-0.1, -0.05) is 38.2 Å². The second-order valence-electron chi connectivity index (χ2n) is 12.1. The van der Waals surface area contributed by atoms with Crippen molar-refractivity contribution in [3.05, 3.63) is 36.0 Å². The smallest absolute Gasteiger partial charge is 0.331 e. The summed E-state index contributed by atoms with van der Waals surface area (Å²) in [7, 11) is 0. The Morgan fingerprint density at radius 1 is 1.13 bits per heavy atom. The van der Waals surface area contributed by atoms with Crippen molar-refractivity contribution in [2.75, 3.05) is 19.8 Å². The van der Waals surface area contributed by atoms with E-state index in [-0.39, 0.29) is 32.2 Å². The highest BCUT2D eigenvalue weighted by Crippen LogP contribution is 2.72. The summed E-state index contributed by atoms with van der Waals surface area (Å²) in [5, 5.41) is 31.7. The summed E-state index contributed by atoms with van der Waals surface area (Å²) >= 11 is 0. The fourth-order valence-electron chi connectivity index (χ4n) is 7.02. The monoisotopic (exact) mass is 548 g/mol. The molecule has 3 aliphatic heterocycles. The Bertz CT molecular complexity index is 1060. The zero-order chi connectivity index (χ0) is 28.2. The minimum absolute atomic E-state index is 0.0547. The molecule has 2 saturated heterocycles. The van der Waals surface area contributed by atoms with Gasteiger partial charge in [0.1, 0.15) is 24.4 Å². The van der Waals surface area contributed by atoms with E-state index in [1.165, 1.54) is 12.2 Å². The van der Waals surface area contributed by atoms with Crippen LogP contribution in [0.1, 0.15) is 47.0 Å². The number of allylic oxidation sites excluding steroid dienone is 2. The topological polar surface area (TPSA) is 144 Å². The van der Waals surface area contributed by atoms with Gasteiger partial charge in [-0.3, -0.25) is 4.79 Å². The Kier molecular flexibility index (Phi) is 7.58. The van der Waals surface area contributed by atoms with E-state index in [9.17, 15) is 24.9 Å². The number of esters is 2. The van der Waals surface area contributed by atoms with E-state index in [1.807, 2.05) is 19.9 Å². The number of ether oxygens (including phenoxy) is 5. The lowest BCUT2D eigenvalue weighted by molar-refractivity contribution is -0.239. The van der Waals surface area contributed by atoms with Crippen molar-refractivity contribution in [3.8, 4) is 0 Å². The summed E-state index contributed by atoms with van der Waals surface area (Å²) in [5.74, 6) is -1.53. The van der Waals surface area contributed by atoms with Crippen LogP contribution in [0, 0.1) is 16.7 Å². The zero-order valence-corrected chi connectivity index (χ0v) is 22.9. The number of rotatable bonds is 1. The van der Waals surface area contributed by atoms with Crippen LogP contribution in [0.25, 0.3) is 0 Å². The number of aliphatic hydroxyl groups is 3. The summed E-state index contributed by atoms with van der Waals surface area (Å²) in [6.07, 6.45) is 3.77. The second-order valence-corrected chi connectivity index (χ2v) is 12.1. The molecule has 10 nitrogen and oxygen atoms in total. The van der Waals surface area contributed by atoms with E-state index in [0.29, 0.717) is 13.0 Å². The number of carbonyl (C=O) groups excluding carboxylic acids is 2. The van der Waals surface area contributed by atoms with E-state index in [2.05, 4.69) is 0 Å². The third-order valence-corrected chi connectivity index (χ3v) is 9.79. The quantitative estimate of drug-likeness (QED) is 0.250. The molecule has 0 aromatic carbocycles. The lowest BCUT2D eigenvalue weighted by atomic mass is 9.51. The standard InChI is InChI=1S/C29H40O10/c1-16-9-23-28(12-19(16)31)14-36-26(34)10-17(2)20(32)13-35-21(18(3)30)7-5-6-8-25(33)39-22-11-24(38-23)29(15-37-29)27(22,28)4/h5-9,17-24,30-32H,10-15H2,1-4H3/b7-5+,8-6-/t17-,18+,19+,20-,21+,22+,23+,24+,27+,28-,29-/m0/s1. The molecule has 216 valence electrons. The molecule has 3 N–H and O–H groups in total. The number of cyclic esters (lactones) is 1. The fraction of sp³-hybridized carbons (Fsp3) is 0.724. The molecule has 10 heteroatoms. The van der Waals surface area contributed by atoms with Crippen LogP contribution in [0.5, 0.6) is 0 Å². The maximum absolute atomic E-state index is 13.1. The van der Waals surface area contributed by atoms with E-state index < -0.39 is 70.9 Å². The maximum Gasteiger partial charge on any atom is 0.331 e. The Hall–Kier alpha value is -2.08. The molecule has 0 aromatic rings. The first-order chi connectivity index (χ1) is 18.4. The molecule has 39 heavy (non-hydrogen) atoms. The van der Waals surface area contributed by atoms with Crippen LogP contribution in [0.15, 0.2) is 36.0 Å². The van der Waals surface area contributed by atoms with Gasteiger partial charge in [-0.15, -0.1) is 0 Å². The molecule has 3 heterocycles. The van der Waals surface area contributed by atoms with E-state index in [4.69, 9.17) is 23.7 Å². The molecule has 0 aromatic heterocycles. The van der Waals surface area contributed by atoms with Gasteiger partial charge in [0.25, 0.3) is 0 Å². The fourth-order valence-corrected chi connectivity index (χ4v) is 7.02. The van der Waals surface area contributed by atoms with Crippen molar-refractivity contribution in [1.29, 1.82) is 0 Å². The average molecular weight is 549 g/mol. The van der Waals surface area contributed by atoms with Gasteiger partial charge in [0.2, 0.25) is 0 Å². The molecule has 0 unspecified atom stereocenters. The van der Waals surface area contributed by atoms with Gasteiger partial charge in [0.15, 0.2) is 0 Å². The first-order valence-corrected chi connectivity index (χ1v) is 13.8. The van der Waals surface area contributed by atoms with Crippen LogP contribution in [0.3, 0.4) is 0 Å². The van der Waals surface area contributed by atoms with E-state index >= 15 is 0 Å². The Labute approximate surface area is 228 Å². The highest BCUT2D eigenvalue weighted by Gasteiger charge is 2.83. The third-order valence-electron chi connectivity index (χ3n) is 9.79. The van der Waals surface area contributed by atoms with Crippen LogP contribution < -0.4 is 0 Å². The van der Waals surface area contributed by atoms with Gasteiger partial charge in [-0.2, -0.15) is 0 Å². The predicted molar refractivity (Wildman–Crippen MR) is 137 cm³/mol. The van der Waals surface area contributed by atoms with Crippen molar-refractivity contribution < 1.29 is 48.6 Å². The van der Waals surface area contributed by atoms with Crippen molar-refractivity contribution in [1.82, 2.24) is 0 Å². The SMILES string of the molecule is CC1=C[C@H]2O[C@@H]3C[C@H]4OC(=O)/C=C\C=C\[C@H]([C@@H](C)O)OC[C@H](O)[C@@H](C)CC(=O)OC[C@]2(C[C@H]1O)[C@]4(C)[C@]31CO1. The van der Waals surface area contributed by atoms with Crippen molar-refractivity contribution in [2.45, 2.75) is 95.3 Å². The molecular formula is C29H40O10. The highest BCUT2D eigenvalue weighted by atomic mass is 16.6. The Morgan fingerprint density at radius 2 is 1.87 bits per heavy atom. The van der Waals surface area contributed by atoms with Crippen LogP contribution in [-0.4, -0.2) is 95.4 Å².